The van der Waals surface area contributed by atoms with E-state index in [0.717, 1.165) is 12.1 Å². The van der Waals surface area contributed by atoms with Gasteiger partial charge in [-0.3, -0.25) is 0 Å². The Morgan fingerprint density at radius 1 is 1.26 bits per heavy atom. The van der Waals surface area contributed by atoms with Crippen molar-refractivity contribution in [3.63, 3.8) is 0 Å². The average Bonchev–Trinajstić information content (AvgIpc) is 2.45. The lowest BCUT2D eigenvalue weighted by Crippen LogP contribution is -2.43. The third-order valence-electron chi connectivity index (χ3n) is 4.09. The van der Waals surface area contributed by atoms with Crippen LogP contribution in [0.4, 0.5) is 0 Å². The zero-order valence-electron chi connectivity index (χ0n) is 11.9. The molecule has 0 atom stereocenters. The minimum Gasteiger partial charge on any atom is -0.465 e. The van der Waals surface area contributed by atoms with E-state index in [0.29, 0.717) is 5.56 Å². The first-order valence-corrected chi connectivity index (χ1v) is 7.06. The topological polar surface area (TPSA) is 38.3 Å². The predicted octanol–water partition coefficient (Wildman–Crippen LogP) is 3.29. The molecule has 0 radical (unpaired) electrons. The van der Waals surface area contributed by atoms with E-state index in [2.05, 4.69) is 12.2 Å². The van der Waals surface area contributed by atoms with Crippen LogP contribution < -0.4 is 5.32 Å². The first-order chi connectivity index (χ1) is 9.14. The highest BCUT2D eigenvalue weighted by atomic mass is 16.5. The molecule has 0 aliphatic heterocycles. The molecule has 3 heteroatoms. The SMILES string of the molecule is COC(=O)c1ccccc1CNC1(C)CCCCC1. The zero-order chi connectivity index (χ0) is 13.7. The van der Waals surface area contributed by atoms with Gasteiger partial charge in [-0.1, -0.05) is 37.5 Å². The molecule has 1 aromatic rings. The first kappa shape index (κ1) is 14.1. The third-order valence-corrected chi connectivity index (χ3v) is 4.09. The van der Waals surface area contributed by atoms with Crippen molar-refractivity contribution in [2.45, 2.75) is 51.1 Å². The molecular formula is C16H23NO2. The average molecular weight is 261 g/mol. The zero-order valence-corrected chi connectivity index (χ0v) is 11.9. The largest absolute Gasteiger partial charge is 0.465 e. The van der Waals surface area contributed by atoms with Gasteiger partial charge in [0, 0.05) is 12.1 Å². The van der Waals surface area contributed by atoms with Crippen molar-refractivity contribution in [3.8, 4) is 0 Å². The van der Waals surface area contributed by atoms with Crippen molar-refractivity contribution >= 4 is 5.97 Å². The van der Waals surface area contributed by atoms with E-state index < -0.39 is 0 Å². The molecule has 1 aliphatic rings. The van der Waals surface area contributed by atoms with Gasteiger partial charge in [-0.2, -0.15) is 0 Å². The second-order valence-electron chi connectivity index (χ2n) is 5.62. The number of ether oxygens (including phenoxy) is 1. The summed E-state index contributed by atoms with van der Waals surface area (Å²) in [5.74, 6) is -0.258. The van der Waals surface area contributed by atoms with Crippen LogP contribution in [0.1, 0.15) is 54.9 Å². The van der Waals surface area contributed by atoms with E-state index in [1.165, 1.54) is 39.2 Å². The van der Waals surface area contributed by atoms with Crippen LogP contribution in [0.15, 0.2) is 24.3 Å². The van der Waals surface area contributed by atoms with Crippen molar-refractivity contribution < 1.29 is 9.53 Å². The number of methoxy groups -OCH3 is 1. The van der Waals surface area contributed by atoms with Crippen LogP contribution in [0.2, 0.25) is 0 Å². The summed E-state index contributed by atoms with van der Waals surface area (Å²) in [4.78, 5) is 11.7. The van der Waals surface area contributed by atoms with Gasteiger partial charge >= 0.3 is 5.97 Å². The molecule has 0 amide bonds. The quantitative estimate of drug-likeness (QED) is 0.845. The van der Waals surface area contributed by atoms with Crippen LogP contribution >= 0.6 is 0 Å². The Morgan fingerprint density at radius 2 is 1.95 bits per heavy atom. The van der Waals surface area contributed by atoms with E-state index in [-0.39, 0.29) is 11.5 Å². The van der Waals surface area contributed by atoms with Gasteiger partial charge in [0.15, 0.2) is 0 Å². The number of esters is 1. The summed E-state index contributed by atoms with van der Waals surface area (Å²) in [6.07, 6.45) is 6.36. The Hall–Kier alpha value is -1.35. The molecule has 3 nitrogen and oxygen atoms in total. The lowest BCUT2D eigenvalue weighted by atomic mass is 9.83. The fourth-order valence-electron chi connectivity index (χ4n) is 2.80. The van der Waals surface area contributed by atoms with Gasteiger partial charge < -0.3 is 10.1 Å². The number of hydrogen-bond acceptors (Lipinski definition) is 3. The fourth-order valence-corrected chi connectivity index (χ4v) is 2.80. The molecule has 0 aromatic heterocycles. The monoisotopic (exact) mass is 261 g/mol. The highest BCUT2D eigenvalue weighted by Gasteiger charge is 2.26. The van der Waals surface area contributed by atoms with Crippen LogP contribution in [0.5, 0.6) is 0 Å². The summed E-state index contributed by atoms with van der Waals surface area (Å²) in [6, 6.07) is 7.65. The van der Waals surface area contributed by atoms with Gasteiger partial charge in [0.05, 0.1) is 12.7 Å². The van der Waals surface area contributed by atoms with Crippen LogP contribution in [0, 0.1) is 0 Å². The normalized spacial score (nSPS) is 18.0. The highest BCUT2D eigenvalue weighted by molar-refractivity contribution is 5.90. The molecule has 1 saturated carbocycles. The van der Waals surface area contributed by atoms with Gasteiger partial charge in [0.2, 0.25) is 0 Å². The number of carbonyl (C=O) groups excluding carboxylic acids is 1. The van der Waals surface area contributed by atoms with E-state index >= 15 is 0 Å². The van der Waals surface area contributed by atoms with E-state index in [1.54, 1.807) is 0 Å². The molecule has 1 fully saturated rings. The predicted molar refractivity (Wildman–Crippen MR) is 76.1 cm³/mol. The maximum atomic E-state index is 11.7. The summed E-state index contributed by atoms with van der Waals surface area (Å²) in [7, 11) is 1.43. The number of carbonyl (C=O) groups is 1. The Bertz CT molecular complexity index is 436. The maximum absolute atomic E-state index is 11.7. The Kier molecular flexibility index (Phi) is 4.59. The minimum atomic E-state index is -0.258. The number of hydrogen-bond donors (Lipinski definition) is 1. The Labute approximate surface area is 115 Å². The van der Waals surface area contributed by atoms with Gasteiger partial charge in [-0.05, 0) is 31.4 Å². The van der Waals surface area contributed by atoms with E-state index in [1.807, 2.05) is 24.3 Å². The number of nitrogens with one attached hydrogen (secondary N) is 1. The van der Waals surface area contributed by atoms with E-state index in [9.17, 15) is 4.79 Å². The van der Waals surface area contributed by atoms with Crippen LogP contribution in [-0.4, -0.2) is 18.6 Å². The second kappa shape index (κ2) is 6.20. The number of benzene rings is 1. The second-order valence-corrected chi connectivity index (χ2v) is 5.62. The summed E-state index contributed by atoms with van der Waals surface area (Å²) in [6.45, 7) is 3.01. The maximum Gasteiger partial charge on any atom is 0.338 e. The molecule has 0 unspecified atom stereocenters. The molecule has 0 spiro atoms. The molecular weight excluding hydrogens is 238 g/mol. The summed E-state index contributed by atoms with van der Waals surface area (Å²) in [5.41, 5.74) is 1.89. The molecule has 0 saturated heterocycles. The van der Waals surface area contributed by atoms with Crippen molar-refractivity contribution in [1.82, 2.24) is 5.32 Å². The molecule has 0 heterocycles. The lowest BCUT2D eigenvalue weighted by Gasteiger charge is -2.35. The van der Waals surface area contributed by atoms with Gasteiger partial charge in [-0.15, -0.1) is 0 Å². The summed E-state index contributed by atoms with van der Waals surface area (Å²) < 4.78 is 4.83. The molecule has 104 valence electrons. The summed E-state index contributed by atoms with van der Waals surface area (Å²) >= 11 is 0. The molecule has 19 heavy (non-hydrogen) atoms. The van der Waals surface area contributed by atoms with E-state index in [4.69, 9.17) is 4.74 Å². The molecule has 1 aromatic carbocycles. The third kappa shape index (κ3) is 3.57. The van der Waals surface area contributed by atoms with Crippen LogP contribution in [0.3, 0.4) is 0 Å². The van der Waals surface area contributed by atoms with Crippen LogP contribution in [-0.2, 0) is 11.3 Å². The smallest absolute Gasteiger partial charge is 0.338 e. The molecule has 1 aliphatic carbocycles. The number of rotatable bonds is 4. The highest BCUT2D eigenvalue weighted by Crippen LogP contribution is 2.28. The van der Waals surface area contributed by atoms with Gasteiger partial charge in [0.1, 0.15) is 0 Å². The lowest BCUT2D eigenvalue weighted by molar-refractivity contribution is 0.0599. The van der Waals surface area contributed by atoms with Crippen molar-refractivity contribution in [2.75, 3.05) is 7.11 Å². The Balaban J connectivity index is 2.04. The van der Waals surface area contributed by atoms with Crippen molar-refractivity contribution in [3.05, 3.63) is 35.4 Å². The van der Waals surface area contributed by atoms with Gasteiger partial charge in [-0.25, -0.2) is 4.79 Å². The molecule has 2 rings (SSSR count). The fraction of sp³-hybridized carbons (Fsp3) is 0.562. The first-order valence-electron chi connectivity index (χ1n) is 7.06. The van der Waals surface area contributed by atoms with Crippen LogP contribution in [0.25, 0.3) is 0 Å². The molecule has 0 bridgehead atoms. The summed E-state index contributed by atoms with van der Waals surface area (Å²) in [5, 5.41) is 3.63. The van der Waals surface area contributed by atoms with Crippen molar-refractivity contribution in [1.29, 1.82) is 0 Å². The Morgan fingerprint density at radius 3 is 2.63 bits per heavy atom. The standard InChI is InChI=1S/C16H23NO2/c1-16(10-6-3-7-11-16)17-12-13-8-4-5-9-14(13)15(18)19-2/h4-5,8-9,17H,3,6-7,10-12H2,1-2H3. The molecule has 1 N–H and O–H groups in total. The minimum absolute atomic E-state index is 0.210. The van der Waals surface area contributed by atoms with Gasteiger partial charge in [0.25, 0.3) is 0 Å². The van der Waals surface area contributed by atoms with Crippen molar-refractivity contribution in [2.24, 2.45) is 0 Å².